The molecule has 1 amide bonds. The number of nitrogens with two attached hydrogens (primary N) is 1. The molecule has 0 spiro atoms. The van der Waals surface area contributed by atoms with Gasteiger partial charge in [0, 0.05) is 15.1 Å². The van der Waals surface area contributed by atoms with Crippen LogP contribution >= 0.6 is 27.5 Å². The average Bonchev–Trinajstić information content (AvgIpc) is 2.45. The Balaban J connectivity index is 2.38. The molecule has 0 radical (unpaired) electrons. The molecule has 2 aromatic carbocycles. The second-order valence-corrected chi connectivity index (χ2v) is 5.67. The quantitative estimate of drug-likeness (QED) is 0.843. The molecule has 0 aliphatic heterocycles. The number of halogens is 2. The van der Waals surface area contributed by atoms with Gasteiger partial charge in [-0.15, -0.1) is 0 Å². The second-order valence-electron chi connectivity index (χ2n) is 4.35. The van der Waals surface area contributed by atoms with Crippen molar-refractivity contribution in [3.63, 3.8) is 0 Å². The van der Waals surface area contributed by atoms with Crippen LogP contribution < -0.4 is 15.8 Å². The monoisotopic (exact) mass is 368 g/mol. The van der Waals surface area contributed by atoms with Crippen LogP contribution in [0.3, 0.4) is 0 Å². The fourth-order valence-corrected chi connectivity index (χ4v) is 2.74. The number of methoxy groups -OCH3 is 1. The van der Waals surface area contributed by atoms with Crippen LogP contribution in [0.25, 0.3) is 0 Å². The van der Waals surface area contributed by atoms with E-state index in [4.69, 9.17) is 22.1 Å². The van der Waals surface area contributed by atoms with Crippen molar-refractivity contribution in [3.8, 4) is 5.75 Å². The number of carbonyl (C=O) groups is 1. The molecule has 0 saturated carbocycles. The number of hydrogen-bond donors (Lipinski definition) is 2. The van der Waals surface area contributed by atoms with E-state index >= 15 is 0 Å². The number of hydrogen-bond acceptors (Lipinski definition) is 3. The first-order chi connectivity index (χ1) is 10.0. The minimum Gasteiger partial charge on any atom is -0.495 e. The molecule has 0 aliphatic rings. The van der Waals surface area contributed by atoms with Crippen molar-refractivity contribution < 1.29 is 9.53 Å². The Morgan fingerprint density at radius 3 is 2.67 bits per heavy atom. The SMILES string of the molecule is COc1ccccc1NC(C(N)=O)c1ccc(Br)cc1Cl. The Morgan fingerprint density at radius 2 is 2.05 bits per heavy atom. The summed E-state index contributed by atoms with van der Waals surface area (Å²) in [6.45, 7) is 0. The van der Waals surface area contributed by atoms with Crippen molar-refractivity contribution in [1.82, 2.24) is 0 Å². The maximum absolute atomic E-state index is 11.8. The van der Waals surface area contributed by atoms with Gasteiger partial charge < -0.3 is 15.8 Å². The Hall–Kier alpha value is -1.72. The van der Waals surface area contributed by atoms with Gasteiger partial charge in [-0.05, 0) is 24.3 Å². The predicted octanol–water partition coefficient (Wildman–Crippen LogP) is 3.75. The predicted molar refractivity (Wildman–Crippen MR) is 87.7 cm³/mol. The van der Waals surface area contributed by atoms with Crippen LogP contribution in [0.1, 0.15) is 11.6 Å². The van der Waals surface area contributed by atoms with Gasteiger partial charge in [0.05, 0.1) is 12.8 Å². The summed E-state index contributed by atoms with van der Waals surface area (Å²) in [5.41, 5.74) is 6.78. The van der Waals surface area contributed by atoms with Crippen molar-refractivity contribution in [2.75, 3.05) is 12.4 Å². The highest BCUT2D eigenvalue weighted by molar-refractivity contribution is 9.10. The first-order valence-electron chi connectivity index (χ1n) is 6.16. The van der Waals surface area contributed by atoms with Gasteiger partial charge in [0.2, 0.25) is 5.91 Å². The smallest absolute Gasteiger partial charge is 0.244 e. The largest absolute Gasteiger partial charge is 0.495 e. The average molecular weight is 370 g/mol. The van der Waals surface area contributed by atoms with E-state index in [2.05, 4.69) is 21.2 Å². The van der Waals surface area contributed by atoms with Crippen LogP contribution in [0.15, 0.2) is 46.9 Å². The number of anilines is 1. The summed E-state index contributed by atoms with van der Waals surface area (Å²) in [6.07, 6.45) is 0. The summed E-state index contributed by atoms with van der Waals surface area (Å²) >= 11 is 9.53. The zero-order chi connectivity index (χ0) is 15.4. The van der Waals surface area contributed by atoms with Crippen LogP contribution in [0.5, 0.6) is 5.75 Å². The molecule has 0 bridgehead atoms. The highest BCUT2D eigenvalue weighted by Crippen LogP contribution is 2.32. The highest BCUT2D eigenvalue weighted by atomic mass is 79.9. The molecular weight excluding hydrogens is 356 g/mol. The fraction of sp³-hybridized carbons (Fsp3) is 0.133. The second kappa shape index (κ2) is 6.83. The molecule has 2 rings (SSSR count). The van der Waals surface area contributed by atoms with Crippen LogP contribution in [0.2, 0.25) is 5.02 Å². The summed E-state index contributed by atoms with van der Waals surface area (Å²) in [5, 5.41) is 3.53. The van der Waals surface area contributed by atoms with Gasteiger partial charge in [0.1, 0.15) is 11.8 Å². The van der Waals surface area contributed by atoms with E-state index in [9.17, 15) is 4.79 Å². The molecule has 110 valence electrons. The van der Waals surface area contributed by atoms with Crippen molar-refractivity contribution in [2.24, 2.45) is 5.73 Å². The van der Waals surface area contributed by atoms with E-state index in [1.807, 2.05) is 18.2 Å². The Labute approximate surface area is 136 Å². The molecular formula is C15H14BrClN2O2. The van der Waals surface area contributed by atoms with Crippen molar-refractivity contribution >= 4 is 39.1 Å². The zero-order valence-electron chi connectivity index (χ0n) is 11.3. The molecule has 0 saturated heterocycles. The third-order valence-electron chi connectivity index (χ3n) is 2.96. The van der Waals surface area contributed by atoms with Gasteiger partial charge in [0.15, 0.2) is 0 Å². The summed E-state index contributed by atoms with van der Waals surface area (Å²) < 4.78 is 6.09. The molecule has 1 unspecified atom stereocenters. The van der Waals surface area contributed by atoms with Crippen molar-refractivity contribution in [1.29, 1.82) is 0 Å². The van der Waals surface area contributed by atoms with Crippen molar-refractivity contribution in [3.05, 3.63) is 57.5 Å². The van der Waals surface area contributed by atoms with Crippen LogP contribution in [0.4, 0.5) is 5.69 Å². The molecule has 4 nitrogen and oxygen atoms in total. The molecule has 0 fully saturated rings. The normalized spacial score (nSPS) is 11.8. The zero-order valence-corrected chi connectivity index (χ0v) is 13.6. The summed E-state index contributed by atoms with van der Waals surface area (Å²) in [6, 6.07) is 11.8. The molecule has 2 aromatic rings. The lowest BCUT2D eigenvalue weighted by Gasteiger charge is -2.20. The lowest BCUT2D eigenvalue weighted by atomic mass is 10.1. The van der Waals surface area contributed by atoms with Crippen LogP contribution in [-0.2, 0) is 4.79 Å². The van der Waals surface area contributed by atoms with E-state index in [-0.39, 0.29) is 0 Å². The Morgan fingerprint density at radius 1 is 1.33 bits per heavy atom. The van der Waals surface area contributed by atoms with Gasteiger partial charge in [-0.3, -0.25) is 4.79 Å². The Bertz CT molecular complexity index is 664. The van der Waals surface area contributed by atoms with Gasteiger partial charge in [-0.2, -0.15) is 0 Å². The van der Waals surface area contributed by atoms with E-state index in [1.165, 1.54) is 0 Å². The maximum Gasteiger partial charge on any atom is 0.244 e. The topological polar surface area (TPSA) is 64.3 Å². The molecule has 0 aliphatic carbocycles. The summed E-state index contributed by atoms with van der Waals surface area (Å²) in [4.78, 5) is 11.8. The number of primary amides is 1. The number of rotatable bonds is 5. The van der Waals surface area contributed by atoms with Crippen molar-refractivity contribution in [2.45, 2.75) is 6.04 Å². The fourth-order valence-electron chi connectivity index (χ4n) is 1.96. The van der Waals surface area contributed by atoms with E-state index in [1.54, 1.807) is 31.4 Å². The summed E-state index contributed by atoms with van der Waals surface area (Å²) in [7, 11) is 1.56. The molecule has 0 aromatic heterocycles. The lowest BCUT2D eigenvalue weighted by molar-refractivity contribution is -0.118. The van der Waals surface area contributed by atoms with Gasteiger partial charge >= 0.3 is 0 Å². The maximum atomic E-state index is 11.8. The first kappa shape index (κ1) is 15.7. The molecule has 21 heavy (non-hydrogen) atoms. The standard InChI is InChI=1S/C15H14BrClN2O2/c1-21-13-5-3-2-4-12(13)19-14(15(18)20)10-7-6-9(16)8-11(10)17/h2-8,14,19H,1H3,(H2,18,20). The van der Waals surface area contributed by atoms with Crippen LogP contribution in [-0.4, -0.2) is 13.0 Å². The third-order valence-corrected chi connectivity index (χ3v) is 3.79. The van der Waals surface area contributed by atoms with Crippen LogP contribution in [0, 0.1) is 0 Å². The lowest BCUT2D eigenvalue weighted by Crippen LogP contribution is -2.28. The molecule has 3 N–H and O–H groups in total. The number of ether oxygens (including phenoxy) is 1. The van der Waals surface area contributed by atoms with Gasteiger partial charge in [-0.25, -0.2) is 0 Å². The van der Waals surface area contributed by atoms with E-state index in [0.29, 0.717) is 22.0 Å². The first-order valence-corrected chi connectivity index (χ1v) is 7.34. The number of amides is 1. The van der Waals surface area contributed by atoms with E-state index < -0.39 is 11.9 Å². The minimum atomic E-state index is -0.748. The molecule has 6 heteroatoms. The summed E-state index contributed by atoms with van der Waals surface area (Å²) in [5.74, 6) is 0.0992. The highest BCUT2D eigenvalue weighted by Gasteiger charge is 2.21. The van der Waals surface area contributed by atoms with Gasteiger partial charge in [-0.1, -0.05) is 45.7 Å². The van der Waals surface area contributed by atoms with Gasteiger partial charge in [0.25, 0.3) is 0 Å². The molecule has 1 atom stereocenters. The number of carbonyl (C=O) groups excluding carboxylic acids is 1. The Kier molecular flexibility index (Phi) is 5.09. The molecule has 0 heterocycles. The number of nitrogens with one attached hydrogen (secondary N) is 1. The third kappa shape index (κ3) is 3.68. The number of benzene rings is 2. The number of para-hydroxylation sites is 2. The van der Waals surface area contributed by atoms with E-state index in [0.717, 1.165) is 4.47 Å². The minimum absolute atomic E-state index is 0.454.